The summed E-state index contributed by atoms with van der Waals surface area (Å²) in [6.45, 7) is 1.86. The lowest BCUT2D eigenvalue weighted by molar-refractivity contribution is 0.102. The first-order valence-electron chi connectivity index (χ1n) is 8.85. The average Bonchev–Trinajstić information content (AvgIpc) is 3.12. The molecule has 1 aliphatic rings. The number of imidazole rings is 1. The fraction of sp³-hybridized carbons (Fsp3) is 0.250. The Morgan fingerprint density at radius 1 is 1.33 bits per heavy atom. The van der Waals surface area contributed by atoms with Crippen molar-refractivity contribution in [1.82, 2.24) is 14.7 Å². The molecule has 1 fully saturated rings. The van der Waals surface area contributed by atoms with Crippen molar-refractivity contribution in [2.45, 2.75) is 18.8 Å². The van der Waals surface area contributed by atoms with Crippen LogP contribution in [0.3, 0.4) is 0 Å². The summed E-state index contributed by atoms with van der Waals surface area (Å²) in [5, 5.41) is 16.2. The predicted molar refractivity (Wildman–Crippen MR) is 104 cm³/mol. The van der Waals surface area contributed by atoms with Crippen LogP contribution in [0.15, 0.2) is 42.7 Å². The van der Waals surface area contributed by atoms with Crippen LogP contribution >= 0.6 is 11.6 Å². The first kappa shape index (κ1) is 17.5. The van der Waals surface area contributed by atoms with Crippen LogP contribution in [0.1, 0.15) is 40.4 Å². The molecule has 2 aromatic heterocycles. The second kappa shape index (κ2) is 7.39. The van der Waals surface area contributed by atoms with Crippen molar-refractivity contribution in [1.29, 1.82) is 5.26 Å². The highest BCUT2D eigenvalue weighted by Crippen LogP contribution is 2.29. The number of amides is 1. The predicted octanol–water partition coefficient (Wildman–Crippen LogP) is 3.58. The largest absolute Gasteiger partial charge is 0.319 e. The fourth-order valence-corrected chi connectivity index (χ4v) is 3.69. The Balaban J connectivity index is 1.72. The van der Waals surface area contributed by atoms with Gasteiger partial charge in [-0.2, -0.15) is 5.26 Å². The zero-order chi connectivity index (χ0) is 18.8. The number of piperidine rings is 1. The van der Waals surface area contributed by atoms with Crippen molar-refractivity contribution in [3.8, 4) is 6.07 Å². The minimum Gasteiger partial charge on any atom is -0.319 e. The molecule has 0 radical (unpaired) electrons. The smallest absolute Gasteiger partial charge is 0.274 e. The quantitative estimate of drug-likeness (QED) is 0.728. The number of nitrogens with zero attached hydrogens (tertiary/aromatic N) is 3. The molecule has 0 bridgehead atoms. The van der Waals surface area contributed by atoms with Gasteiger partial charge >= 0.3 is 0 Å². The molecule has 1 amide bonds. The summed E-state index contributed by atoms with van der Waals surface area (Å²) in [6.07, 6.45) is 5.35. The molecule has 0 aliphatic carbocycles. The maximum atomic E-state index is 12.8. The molecule has 0 atom stereocenters. The van der Waals surface area contributed by atoms with Crippen molar-refractivity contribution in [2.24, 2.45) is 0 Å². The second-order valence-corrected chi connectivity index (χ2v) is 6.99. The van der Waals surface area contributed by atoms with E-state index in [2.05, 4.69) is 21.7 Å². The highest BCUT2D eigenvalue weighted by Gasteiger charge is 2.21. The molecule has 7 heteroatoms. The molecule has 3 aromatic rings. The monoisotopic (exact) mass is 379 g/mol. The van der Waals surface area contributed by atoms with E-state index >= 15 is 0 Å². The van der Waals surface area contributed by atoms with Crippen LogP contribution in [-0.4, -0.2) is 28.4 Å². The minimum atomic E-state index is -0.295. The summed E-state index contributed by atoms with van der Waals surface area (Å²) >= 11 is 6.14. The third kappa shape index (κ3) is 3.39. The van der Waals surface area contributed by atoms with Crippen LogP contribution in [0.5, 0.6) is 0 Å². The fourth-order valence-electron chi connectivity index (χ4n) is 3.51. The highest BCUT2D eigenvalue weighted by atomic mass is 35.5. The Morgan fingerprint density at radius 3 is 2.85 bits per heavy atom. The first-order valence-corrected chi connectivity index (χ1v) is 9.23. The number of carbonyl (C=O) groups excluding carboxylic acids is 1. The van der Waals surface area contributed by atoms with Gasteiger partial charge in [-0.25, -0.2) is 4.98 Å². The van der Waals surface area contributed by atoms with E-state index in [1.807, 2.05) is 12.3 Å². The summed E-state index contributed by atoms with van der Waals surface area (Å²) in [7, 11) is 0. The summed E-state index contributed by atoms with van der Waals surface area (Å²) in [5.74, 6) is 0.00347. The number of hydrogen-bond donors (Lipinski definition) is 2. The molecule has 0 saturated carbocycles. The number of benzene rings is 1. The molecule has 1 saturated heterocycles. The zero-order valence-electron chi connectivity index (χ0n) is 14.6. The molecule has 0 unspecified atom stereocenters. The second-order valence-electron chi connectivity index (χ2n) is 6.58. The summed E-state index contributed by atoms with van der Waals surface area (Å²) in [6, 6.07) is 11.1. The van der Waals surface area contributed by atoms with Gasteiger partial charge in [0.25, 0.3) is 5.91 Å². The van der Waals surface area contributed by atoms with E-state index in [1.54, 1.807) is 28.7 Å². The number of halogens is 1. The lowest BCUT2D eigenvalue weighted by Gasteiger charge is -2.24. The summed E-state index contributed by atoms with van der Waals surface area (Å²) in [4.78, 5) is 17.1. The third-order valence-electron chi connectivity index (χ3n) is 4.93. The molecule has 6 nitrogen and oxygen atoms in total. The van der Waals surface area contributed by atoms with Gasteiger partial charge in [-0.3, -0.25) is 9.20 Å². The minimum absolute atomic E-state index is 0.295. The average molecular weight is 380 g/mol. The van der Waals surface area contributed by atoms with E-state index in [-0.39, 0.29) is 5.91 Å². The van der Waals surface area contributed by atoms with Crippen LogP contribution in [-0.2, 0) is 0 Å². The van der Waals surface area contributed by atoms with Gasteiger partial charge in [0, 0.05) is 6.20 Å². The molecule has 2 N–H and O–H groups in total. The van der Waals surface area contributed by atoms with Crippen LogP contribution < -0.4 is 10.6 Å². The number of fused-ring (bicyclic) bond motifs is 1. The Morgan fingerprint density at radius 2 is 2.11 bits per heavy atom. The first-order chi connectivity index (χ1) is 13.2. The van der Waals surface area contributed by atoms with Crippen molar-refractivity contribution in [2.75, 3.05) is 18.4 Å². The molecular formula is C20H18ClN5O. The van der Waals surface area contributed by atoms with Gasteiger partial charge in [0.1, 0.15) is 11.3 Å². The molecule has 1 aromatic carbocycles. The maximum Gasteiger partial charge on any atom is 0.274 e. The van der Waals surface area contributed by atoms with Gasteiger partial charge in [0.2, 0.25) is 0 Å². The van der Waals surface area contributed by atoms with Crippen molar-refractivity contribution in [3.63, 3.8) is 0 Å². The topological polar surface area (TPSA) is 82.2 Å². The Kier molecular flexibility index (Phi) is 4.80. The Labute approximate surface area is 161 Å². The SMILES string of the molecule is N#Cc1cc2ncc(C(=O)Nc3ccccc3Cl)n2cc1C1CCNCC1. The molecule has 1 aliphatic heterocycles. The number of anilines is 1. The van der Waals surface area contributed by atoms with Crippen molar-refractivity contribution >= 4 is 28.8 Å². The highest BCUT2D eigenvalue weighted by molar-refractivity contribution is 6.33. The van der Waals surface area contributed by atoms with E-state index in [9.17, 15) is 10.1 Å². The molecule has 3 heterocycles. The molecule has 27 heavy (non-hydrogen) atoms. The van der Waals surface area contributed by atoms with Crippen LogP contribution in [0.2, 0.25) is 5.02 Å². The van der Waals surface area contributed by atoms with Gasteiger partial charge in [0.05, 0.1) is 28.5 Å². The molecule has 136 valence electrons. The standard InChI is InChI=1S/C20H18ClN5O/c21-16-3-1-2-4-17(16)25-20(27)18-11-24-19-9-14(10-22)15(12-26(18)19)13-5-7-23-8-6-13/h1-4,9,11-13,23H,5-8H2,(H,25,27). The van der Waals surface area contributed by atoms with Gasteiger partial charge in [-0.05, 0) is 55.6 Å². The maximum absolute atomic E-state index is 12.8. The molecule has 0 spiro atoms. The normalized spacial score (nSPS) is 14.8. The van der Waals surface area contributed by atoms with Gasteiger partial charge in [0.15, 0.2) is 0 Å². The van der Waals surface area contributed by atoms with Crippen molar-refractivity contribution < 1.29 is 4.79 Å². The number of para-hydroxylation sites is 1. The molecular weight excluding hydrogens is 362 g/mol. The third-order valence-corrected chi connectivity index (χ3v) is 5.26. The van der Waals surface area contributed by atoms with Gasteiger partial charge in [-0.15, -0.1) is 0 Å². The number of nitriles is 1. The Hall–Kier alpha value is -2.88. The zero-order valence-corrected chi connectivity index (χ0v) is 15.3. The van der Waals surface area contributed by atoms with E-state index in [4.69, 9.17) is 11.6 Å². The number of aromatic nitrogens is 2. The van der Waals surface area contributed by atoms with Crippen molar-refractivity contribution in [3.05, 3.63) is 64.6 Å². The number of pyridine rings is 1. The van der Waals surface area contributed by atoms with E-state index in [0.717, 1.165) is 31.5 Å². The van der Waals surface area contributed by atoms with Crippen LogP contribution in [0, 0.1) is 11.3 Å². The Bertz CT molecular complexity index is 1050. The number of nitrogens with one attached hydrogen (secondary N) is 2. The lowest BCUT2D eigenvalue weighted by atomic mass is 9.88. The van der Waals surface area contributed by atoms with Gasteiger partial charge < -0.3 is 10.6 Å². The number of carbonyl (C=O) groups is 1. The van der Waals surface area contributed by atoms with Crippen LogP contribution in [0.25, 0.3) is 5.65 Å². The van der Waals surface area contributed by atoms with E-state index in [1.165, 1.54) is 6.20 Å². The lowest BCUT2D eigenvalue weighted by Crippen LogP contribution is -2.27. The number of rotatable bonds is 3. The van der Waals surface area contributed by atoms with E-state index in [0.29, 0.717) is 33.5 Å². The summed E-state index contributed by atoms with van der Waals surface area (Å²) in [5.41, 5.74) is 3.12. The van der Waals surface area contributed by atoms with Crippen LogP contribution in [0.4, 0.5) is 5.69 Å². The van der Waals surface area contributed by atoms with Gasteiger partial charge in [-0.1, -0.05) is 23.7 Å². The van der Waals surface area contributed by atoms with E-state index < -0.39 is 0 Å². The number of hydrogen-bond acceptors (Lipinski definition) is 4. The molecule has 4 rings (SSSR count). The summed E-state index contributed by atoms with van der Waals surface area (Å²) < 4.78 is 1.75.